The minimum Gasteiger partial charge on any atom is -0.465 e. The number of hydrogen-bond acceptors (Lipinski definition) is 4. The Bertz CT molecular complexity index is 1040. The highest BCUT2D eigenvalue weighted by Gasteiger charge is 2.21. The van der Waals surface area contributed by atoms with Gasteiger partial charge in [-0.2, -0.15) is 0 Å². The first kappa shape index (κ1) is 20.3. The molecule has 4 nitrogen and oxygen atoms in total. The molecule has 0 saturated carbocycles. The Hall–Kier alpha value is -2.41. The number of esters is 1. The van der Waals surface area contributed by atoms with E-state index in [-0.39, 0.29) is 5.91 Å². The molecule has 28 heavy (non-hydrogen) atoms. The van der Waals surface area contributed by atoms with E-state index in [0.717, 1.165) is 15.6 Å². The van der Waals surface area contributed by atoms with E-state index in [1.807, 2.05) is 35.7 Å². The summed E-state index contributed by atoms with van der Waals surface area (Å²) < 4.78 is 5.86. The Morgan fingerprint density at radius 2 is 1.93 bits per heavy atom. The number of methoxy groups -OCH3 is 1. The lowest BCUT2D eigenvalue weighted by molar-refractivity contribution is -0.111. The number of carbonyl (C=O) groups excluding carboxylic acids is 2. The molecule has 0 unspecified atom stereocenters. The van der Waals surface area contributed by atoms with Crippen LogP contribution < -0.4 is 5.32 Å². The zero-order chi connectivity index (χ0) is 20.1. The van der Waals surface area contributed by atoms with Gasteiger partial charge in [-0.25, -0.2) is 4.79 Å². The van der Waals surface area contributed by atoms with Crippen molar-refractivity contribution in [3.8, 4) is 11.1 Å². The van der Waals surface area contributed by atoms with Gasteiger partial charge in [0.25, 0.3) is 0 Å². The second-order valence-corrected chi connectivity index (χ2v) is 7.96. The van der Waals surface area contributed by atoms with Gasteiger partial charge >= 0.3 is 5.97 Å². The van der Waals surface area contributed by atoms with Crippen molar-refractivity contribution in [3.05, 3.63) is 80.6 Å². The first-order valence-electron chi connectivity index (χ1n) is 8.18. The van der Waals surface area contributed by atoms with Crippen molar-refractivity contribution in [1.29, 1.82) is 0 Å². The van der Waals surface area contributed by atoms with Crippen molar-refractivity contribution < 1.29 is 14.3 Å². The normalized spacial score (nSPS) is 10.8. The lowest BCUT2D eigenvalue weighted by Crippen LogP contribution is -2.11. The molecular formula is C21H15BrClNO3S. The highest BCUT2D eigenvalue weighted by Crippen LogP contribution is 2.36. The molecule has 0 fully saturated rings. The lowest BCUT2D eigenvalue weighted by atomic mass is 10.0. The maximum atomic E-state index is 12.3. The van der Waals surface area contributed by atoms with Crippen LogP contribution in [0.15, 0.2) is 64.5 Å². The summed E-state index contributed by atoms with van der Waals surface area (Å²) in [7, 11) is 1.32. The average Bonchev–Trinajstić information content (AvgIpc) is 3.10. The Morgan fingerprint density at radius 3 is 2.61 bits per heavy atom. The molecule has 0 saturated heterocycles. The first-order valence-corrected chi connectivity index (χ1v) is 10.2. The van der Waals surface area contributed by atoms with E-state index in [1.54, 1.807) is 24.3 Å². The first-order chi connectivity index (χ1) is 13.5. The third-order valence-corrected chi connectivity index (χ3v) is 5.51. The molecule has 1 amide bonds. The quantitative estimate of drug-likeness (QED) is 0.349. The molecule has 0 radical (unpaired) electrons. The molecule has 1 aromatic heterocycles. The van der Waals surface area contributed by atoms with E-state index in [2.05, 4.69) is 21.2 Å². The van der Waals surface area contributed by atoms with Crippen LogP contribution in [0.3, 0.4) is 0 Å². The number of halogens is 2. The van der Waals surface area contributed by atoms with Gasteiger partial charge in [0, 0.05) is 26.5 Å². The van der Waals surface area contributed by atoms with Crippen LogP contribution >= 0.6 is 38.9 Å². The number of nitrogens with one attached hydrogen (secondary N) is 1. The molecule has 7 heteroatoms. The fraction of sp³-hybridized carbons (Fsp3) is 0.0476. The van der Waals surface area contributed by atoms with Gasteiger partial charge in [0.15, 0.2) is 0 Å². The average molecular weight is 477 g/mol. The Labute approximate surface area is 179 Å². The number of rotatable bonds is 5. The van der Waals surface area contributed by atoms with Gasteiger partial charge in [0.1, 0.15) is 10.6 Å². The van der Waals surface area contributed by atoms with Crippen molar-refractivity contribution in [2.45, 2.75) is 0 Å². The number of hydrogen-bond donors (Lipinski definition) is 1. The Morgan fingerprint density at radius 1 is 1.18 bits per heavy atom. The van der Waals surface area contributed by atoms with Gasteiger partial charge in [-0.3, -0.25) is 4.79 Å². The van der Waals surface area contributed by atoms with Crippen molar-refractivity contribution in [2.75, 3.05) is 12.4 Å². The largest absolute Gasteiger partial charge is 0.465 e. The van der Waals surface area contributed by atoms with Gasteiger partial charge in [-0.1, -0.05) is 51.8 Å². The van der Waals surface area contributed by atoms with Crippen molar-refractivity contribution in [3.63, 3.8) is 0 Å². The van der Waals surface area contributed by atoms with Crippen molar-refractivity contribution in [2.24, 2.45) is 0 Å². The highest BCUT2D eigenvalue weighted by atomic mass is 79.9. The smallest absolute Gasteiger partial charge is 0.341 e. The van der Waals surface area contributed by atoms with Crippen LogP contribution in [-0.4, -0.2) is 19.0 Å². The number of thiophene rings is 1. The number of amides is 1. The molecule has 0 bridgehead atoms. The summed E-state index contributed by atoms with van der Waals surface area (Å²) in [6.45, 7) is 0. The molecule has 0 aliphatic carbocycles. The fourth-order valence-corrected chi connectivity index (χ4v) is 3.96. The second kappa shape index (κ2) is 9.19. The Balaban J connectivity index is 1.86. The molecule has 3 aromatic rings. The molecule has 0 aliphatic rings. The molecular weight excluding hydrogens is 462 g/mol. The summed E-state index contributed by atoms with van der Waals surface area (Å²) in [6, 6.07) is 14.7. The molecule has 3 rings (SSSR count). The van der Waals surface area contributed by atoms with E-state index in [9.17, 15) is 9.59 Å². The highest BCUT2D eigenvalue weighted by molar-refractivity contribution is 9.10. The number of ether oxygens (including phenoxy) is 1. The SMILES string of the molecule is COC(=O)c1c(-c2ccc(Br)cc2)csc1NC(=O)/C=C/c1cccc(Cl)c1. The lowest BCUT2D eigenvalue weighted by Gasteiger charge is -2.07. The summed E-state index contributed by atoms with van der Waals surface area (Å²) in [5.41, 5.74) is 2.70. The molecule has 142 valence electrons. The van der Waals surface area contributed by atoms with Gasteiger partial charge in [-0.05, 0) is 41.5 Å². The number of carbonyl (C=O) groups is 2. The van der Waals surface area contributed by atoms with E-state index in [4.69, 9.17) is 16.3 Å². The molecule has 0 spiro atoms. The van der Waals surface area contributed by atoms with Gasteiger partial charge in [0.05, 0.1) is 7.11 Å². The van der Waals surface area contributed by atoms with Crippen molar-refractivity contribution >= 4 is 61.8 Å². The van der Waals surface area contributed by atoms with Crippen LogP contribution in [0.5, 0.6) is 0 Å². The van der Waals surface area contributed by atoms with Crippen LogP contribution in [0.4, 0.5) is 5.00 Å². The zero-order valence-electron chi connectivity index (χ0n) is 14.7. The summed E-state index contributed by atoms with van der Waals surface area (Å²) >= 11 is 10.6. The number of anilines is 1. The van der Waals surface area contributed by atoms with Crippen LogP contribution in [0.1, 0.15) is 15.9 Å². The second-order valence-electron chi connectivity index (χ2n) is 5.73. The van der Waals surface area contributed by atoms with Gasteiger partial charge in [-0.15, -0.1) is 11.3 Å². The third-order valence-electron chi connectivity index (χ3n) is 3.85. The van der Waals surface area contributed by atoms with Gasteiger partial charge < -0.3 is 10.1 Å². The molecule has 2 aromatic carbocycles. The standard InChI is InChI=1S/C21H15BrClNO3S/c1-27-21(26)19-17(14-6-8-15(22)9-7-14)12-28-20(19)24-18(25)10-5-13-3-2-4-16(23)11-13/h2-12H,1H3,(H,24,25)/b10-5+. The van der Waals surface area contributed by atoms with Gasteiger partial charge in [0.2, 0.25) is 5.91 Å². The van der Waals surface area contributed by atoms with E-state index >= 15 is 0 Å². The summed E-state index contributed by atoms with van der Waals surface area (Å²) in [5, 5.41) is 5.61. The number of benzene rings is 2. The minimum atomic E-state index is -0.506. The van der Waals surface area contributed by atoms with E-state index in [0.29, 0.717) is 21.2 Å². The molecule has 0 atom stereocenters. The monoisotopic (exact) mass is 475 g/mol. The maximum Gasteiger partial charge on any atom is 0.341 e. The zero-order valence-corrected chi connectivity index (χ0v) is 17.9. The predicted molar refractivity (Wildman–Crippen MR) is 118 cm³/mol. The van der Waals surface area contributed by atoms with Crippen LogP contribution in [-0.2, 0) is 9.53 Å². The minimum absolute atomic E-state index is 0.333. The summed E-state index contributed by atoms with van der Waals surface area (Å²) in [6.07, 6.45) is 3.05. The molecule has 1 heterocycles. The topological polar surface area (TPSA) is 55.4 Å². The summed E-state index contributed by atoms with van der Waals surface area (Å²) in [4.78, 5) is 24.7. The van der Waals surface area contributed by atoms with E-state index in [1.165, 1.54) is 24.5 Å². The summed E-state index contributed by atoms with van der Waals surface area (Å²) in [5.74, 6) is -0.859. The van der Waals surface area contributed by atoms with Crippen molar-refractivity contribution in [1.82, 2.24) is 0 Å². The Kier molecular flexibility index (Phi) is 6.67. The van der Waals surface area contributed by atoms with Crippen LogP contribution in [0.25, 0.3) is 17.2 Å². The molecule has 0 aliphatic heterocycles. The maximum absolute atomic E-state index is 12.3. The fourth-order valence-electron chi connectivity index (χ4n) is 2.53. The predicted octanol–water partition coefficient (Wildman–Crippen LogP) is 6.27. The van der Waals surface area contributed by atoms with E-state index < -0.39 is 5.97 Å². The van der Waals surface area contributed by atoms with Crippen LogP contribution in [0, 0.1) is 0 Å². The third kappa shape index (κ3) is 4.90. The molecule has 1 N–H and O–H groups in total. The van der Waals surface area contributed by atoms with Crippen LogP contribution in [0.2, 0.25) is 5.02 Å².